The molecule has 24 heavy (non-hydrogen) atoms. The number of amides is 1. The number of aromatic nitrogens is 1. The minimum Gasteiger partial charge on any atom is -0.464 e. The summed E-state index contributed by atoms with van der Waals surface area (Å²) in [6.45, 7) is 3.85. The number of benzene rings is 1. The average Bonchev–Trinajstić information content (AvgIpc) is 2.59. The van der Waals surface area contributed by atoms with E-state index in [2.05, 4.69) is 4.98 Å². The second kappa shape index (κ2) is 8.24. The molecule has 0 fully saturated rings. The van der Waals surface area contributed by atoms with E-state index in [1.54, 1.807) is 26.1 Å². The minimum absolute atomic E-state index is 0.273. The van der Waals surface area contributed by atoms with E-state index in [1.165, 1.54) is 4.90 Å². The third kappa shape index (κ3) is 4.41. The number of aryl methyl sites for hydroxylation is 1. The molecule has 2 rings (SSSR count). The first-order valence-corrected chi connectivity index (χ1v) is 7.94. The van der Waals surface area contributed by atoms with Crippen LogP contribution in [0.2, 0.25) is 0 Å². The fourth-order valence-electron chi connectivity index (χ4n) is 2.44. The highest BCUT2D eigenvalue weighted by molar-refractivity contribution is 5.95. The quantitative estimate of drug-likeness (QED) is 0.766. The maximum absolute atomic E-state index is 12.7. The van der Waals surface area contributed by atoms with Gasteiger partial charge in [0, 0.05) is 19.2 Å². The van der Waals surface area contributed by atoms with Crippen molar-refractivity contribution in [3.8, 4) is 0 Å². The topological polar surface area (TPSA) is 59.5 Å². The van der Waals surface area contributed by atoms with E-state index in [9.17, 15) is 9.59 Å². The third-order valence-electron chi connectivity index (χ3n) is 3.73. The number of hydrogen-bond acceptors (Lipinski definition) is 4. The van der Waals surface area contributed by atoms with Gasteiger partial charge in [0.25, 0.3) is 5.91 Å². The molecule has 1 aromatic heterocycles. The van der Waals surface area contributed by atoms with Crippen molar-refractivity contribution in [3.63, 3.8) is 0 Å². The molecule has 5 heteroatoms. The van der Waals surface area contributed by atoms with Gasteiger partial charge in [-0.25, -0.2) is 9.78 Å². The average molecular weight is 326 g/mol. The van der Waals surface area contributed by atoms with Gasteiger partial charge >= 0.3 is 5.97 Å². The first-order chi connectivity index (χ1) is 11.5. The molecule has 0 saturated heterocycles. The first-order valence-electron chi connectivity index (χ1n) is 7.94. The number of carbonyl (C=O) groups is 2. The van der Waals surface area contributed by atoms with Crippen molar-refractivity contribution < 1.29 is 14.3 Å². The Balaban J connectivity index is 2.24. The number of esters is 1. The van der Waals surface area contributed by atoms with E-state index in [0.717, 1.165) is 11.3 Å². The second-order valence-corrected chi connectivity index (χ2v) is 5.54. The third-order valence-corrected chi connectivity index (χ3v) is 3.73. The molecule has 0 spiro atoms. The van der Waals surface area contributed by atoms with Gasteiger partial charge in [-0.1, -0.05) is 36.4 Å². The predicted molar refractivity (Wildman–Crippen MR) is 91.6 cm³/mol. The molecule has 1 aromatic carbocycles. The van der Waals surface area contributed by atoms with Crippen molar-refractivity contribution in [2.75, 3.05) is 13.7 Å². The Morgan fingerprint density at radius 1 is 1.12 bits per heavy atom. The number of rotatable bonds is 6. The molecule has 0 aliphatic carbocycles. The van der Waals surface area contributed by atoms with Crippen molar-refractivity contribution in [3.05, 3.63) is 65.5 Å². The van der Waals surface area contributed by atoms with Crippen molar-refractivity contribution in [1.29, 1.82) is 0 Å². The van der Waals surface area contributed by atoms with Gasteiger partial charge in [-0.15, -0.1) is 0 Å². The molecule has 0 N–H and O–H groups in total. The van der Waals surface area contributed by atoms with Gasteiger partial charge in [-0.2, -0.15) is 0 Å². The van der Waals surface area contributed by atoms with Crippen LogP contribution in [-0.4, -0.2) is 41.5 Å². The summed E-state index contributed by atoms with van der Waals surface area (Å²) in [6.07, 6.45) is 0.397. The largest absolute Gasteiger partial charge is 0.464 e. The summed E-state index contributed by atoms with van der Waals surface area (Å²) in [6, 6.07) is 14.1. The standard InChI is InChI=1S/C19H22N2O3/c1-4-24-19(23)17(13-15-10-6-5-7-11-15)21(3)18(22)16-12-8-9-14(2)20-16/h5-12,17H,4,13H2,1-3H3/t17-/m0/s1. The molecule has 1 atom stereocenters. The lowest BCUT2D eigenvalue weighted by Gasteiger charge is -2.26. The number of ether oxygens (including phenoxy) is 1. The van der Waals surface area contributed by atoms with Crippen LogP contribution in [0.15, 0.2) is 48.5 Å². The molecule has 0 unspecified atom stereocenters. The summed E-state index contributed by atoms with van der Waals surface area (Å²) in [5.74, 6) is -0.711. The summed E-state index contributed by atoms with van der Waals surface area (Å²) in [7, 11) is 1.61. The molecule has 0 saturated carbocycles. The summed E-state index contributed by atoms with van der Waals surface area (Å²) in [4.78, 5) is 30.7. The second-order valence-electron chi connectivity index (χ2n) is 5.54. The van der Waals surface area contributed by atoms with Crippen molar-refractivity contribution >= 4 is 11.9 Å². The van der Waals surface area contributed by atoms with Crippen LogP contribution in [0, 0.1) is 6.92 Å². The lowest BCUT2D eigenvalue weighted by molar-refractivity contribution is -0.148. The first kappa shape index (κ1) is 17.7. The van der Waals surface area contributed by atoms with Gasteiger partial charge in [0.1, 0.15) is 11.7 Å². The lowest BCUT2D eigenvalue weighted by Crippen LogP contribution is -2.45. The Hall–Kier alpha value is -2.69. The van der Waals surface area contributed by atoms with Crippen molar-refractivity contribution in [1.82, 2.24) is 9.88 Å². The number of nitrogens with zero attached hydrogens (tertiary/aromatic N) is 2. The maximum atomic E-state index is 12.7. The van der Waals surface area contributed by atoms with Crippen molar-refractivity contribution in [2.24, 2.45) is 0 Å². The Bertz CT molecular complexity index is 701. The highest BCUT2D eigenvalue weighted by Crippen LogP contribution is 2.13. The molecular weight excluding hydrogens is 304 g/mol. The Morgan fingerprint density at radius 3 is 2.46 bits per heavy atom. The van der Waals surface area contributed by atoms with Gasteiger partial charge in [0.05, 0.1) is 6.61 Å². The predicted octanol–water partition coefficient (Wildman–Crippen LogP) is 2.64. The van der Waals surface area contributed by atoms with Gasteiger partial charge in [-0.3, -0.25) is 4.79 Å². The Labute approximate surface area is 142 Å². The Kier molecular flexibility index (Phi) is 6.07. The Morgan fingerprint density at radius 2 is 1.83 bits per heavy atom. The van der Waals surface area contributed by atoms with E-state index in [-0.39, 0.29) is 12.5 Å². The fourth-order valence-corrected chi connectivity index (χ4v) is 2.44. The van der Waals surface area contributed by atoms with E-state index >= 15 is 0 Å². The molecule has 2 aromatic rings. The van der Waals surface area contributed by atoms with Crippen LogP contribution in [0.4, 0.5) is 0 Å². The zero-order valence-electron chi connectivity index (χ0n) is 14.2. The number of likely N-dealkylation sites (N-methyl/N-ethyl adjacent to an activating group) is 1. The molecule has 0 bridgehead atoms. The summed E-state index contributed by atoms with van der Waals surface area (Å²) < 4.78 is 5.15. The zero-order valence-corrected chi connectivity index (χ0v) is 14.2. The molecule has 5 nitrogen and oxygen atoms in total. The highest BCUT2D eigenvalue weighted by atomic mass is 16.5. The van der Waals surface area contributed by atoms with Gasteiger partial charge in [-0.05, 0) is 31.5 Å². The lowest BCUT2D eigenvalue weighted by atomic mass is 10.0. The summed E-state index contributed by atoms with van der Waals surface area (Å²) >= 11 is 0. The van der Waals surface area contributed by atoms with Crippen LogP contribution in [0.25, 0.3) is 0 Å². The van der Waals surface area contributed by atoms with Crippen LogP contribution in [0.1, 0.15) is 28.7 Å². The summed E-state index contributed by atoms with van der Waals surface area (Å²) in [5.41, 5.74) is 2.04. The van der Waals surface area contributed by atoms with Gasteiger partial charge in [0.15, 0.2) is 0 Å². The number of hydrogen-bond donors (Lipinski definition) is 0. The highest BCUT2D eigenvalue weighted by Gasteiger charge is 2.29. The number of carbonyl (C=O) groups excluding carboxylic acids is 2. The van der Waals surface area contributed by atoms with Crippen LogP contribution in [0.5, 0.6) is 0 Å². The molecular formula is C19H22N2O3. The van der Waals surface area contributed by atoms with Crippen LogP contribution in [-0.2, 0) is 16.0 Å². The van der Waals surface area contributed by atoms with E-state index in [4.69, 9.17) is 4.74 Å². The van der Waals surface area contributed by atoms with Crippen LogP contribution < -0.4 is 0 Å². The van der Waals surface area contributed by atoms with E-state index < -0.39 is 12.0 Å². The maximum Gasteiger partial charge on any atom is 0.329 e. The van der Waals surface area contributed by atoms with Crippen LogP contribution in [0.3, 0.4) is 0 Å². The molecule has 1 amide bonds. The molecule has 0 aliphatic heterocycles. The minimum atomic E-state index is -0.692. The molecule has 126 valence electrons. The van der Waals surface area contributed by atoms with Crippen molar-refractivity contribution in [2.45, 2.75) is 26.3 Å². The van der Waals surface area contributed by atoms with Gasteiger partial charge in [0.2, 0.25) is 0 Å². The normalized spacial score (nSPS) is 11.6. The monoisotopic (exact) mass is 326 g/mol. The smallest absolute Gasteiger partial charge is 0.329 e. The van der Waals surface area contributed by atoms with E-state index in [1.807, 2.05) is 43.3 Å². The van der Waals surface area contributed by atoms with Crippen LogP contribution >= 0.6 is 0 Å². The number of pyridine rings is 1. The van der Waals surface area contributed by atoms with E-state index in [0.29, 0.717) is 12.1 Å². The molecule has 1 heterocycles. The molecule has 0 radical (unpaired) electrons. The fraction of sp³-hybridized carbons (Fsp3) is 0.316. The van der Waals surface area contributed by atoms with Gasteiger partial charge < -0.3 is 9.64 Å². The molecule has 0 aliphatic rings. The SMILES string of the molecule is CCOC(=O)[C@H](Cc1ccccc1)N(C)C(=O)c1cccc(C)n1. The zero-order chi connectivity index (χ0) is 17.5. The summed E-state index contributed by atoms with van der Waals surface area (Å²) in [5, 5.41) is 0.